The molecule has 0 radical (unpaired) electrons. The minimum atomic E-state index is -1.24. The first kappa shape index (κ1) is 9.60. The monoisotopic (exact) mass is 185 g/mol. The first-order valence-corrected chi connectivity index (χ1v) is 3.65. The smallest absolute Gasteiger partial charge is 0.233 e. The molecule has 0 amide bonds. The molecule has 0 aliphatic rings. The molecule has 0 aliphatic heterocycles. The minimum Gasteiger partial charge on any atom is -0.382 e. The molecule has 0 bridgehead atoms. The summed E-state index contributed by atoms with van der Waals surface area (Å²) in [5.41, 5.74) is 0.219. The zero-order valence-corrected chi connectivity index (χ0v) is 6.68. The first-order chi connectivity index (χ1) is 6.09. The van der Waals surface area contributed by atoms with Gasteiger partial charge in [-0.2, -0.15) is 0 Å². The molecule has 5 heteroatoms. The average molecular weight is 185 g/mol. The van der Waals surface area contributed by atoms with E-state index in [4.69, 9.17) is 0 Å². The molecule has 4 nitrogen and oxygen atoms in total. The molecule has 1 aromatic rings. The topological polar surface area (TPSA) is 63.4 Å². The van der Waals surface area contributed by atoms with E-state index in [1.54, 1.807) is 0 Å². The highest BCUT2D eigenvalue weighted by Gasteiger charge is 2.13. The van der Waals surface area contributed by atoms with Crippen LogP contribution in [0.2, 0.25) is 0 Å². The minimum absolute atomic E-state index is 0.219. The van der Waals surface area contributed by atoms with Crippen molar-refractivity contribution in [2.45, 2.75) is 6.10 Å². The fourth-order valence-electron chi connectivity index (χ4n) is 0.960. The van der Waals surface area contributed by atoms with Gasteiger partial charge in [0, 0.05) is 4.92 Å². The van der Waals surface area contributed by atoms with Crippen molar-refractivity contribution in [2.75, 3.05) is 6.54 Å². The summed E-state index contributed by atoms with van der Waals surface area (Å²) in [5.74, 6) is -0.514. The quantitative estimate of drug-likeness (QED) is 0.567. The van der Waals surface area contributed by atoms with Crippen molar-refractivity contribution < 1.29 is 14.4 Å². The van der Waals surface area contributed by atoms with Gasteiger partial charge in [-0.25, -0.2) is 4.39 Å². The highest BCUT2D eigenvalue weighted by atomic mass is 19.1. The molecule has 1 aromatic carbocycles. The number of nitrogens with zero attached hydrogens (tertiary/aromatic N) is 1. The predicted molar refractivity (Wildman–Crippen MR) is 43.2 cm³/mol. The number of rotatable bonds is 3. The normalized spacial score (nSPS) is 12.5. The molecule has 0 saturated heterocycles. The second-order valence-electron chi connectivity index (χ2n) is 2.59. The molecule has 1 rings (SSSR count). The number of aliphatic hydroxyl groups excluding tert-OH is 1. The lowest BCUT2D eigenvalue weighted by atomic mass is 10.1. The van der Waals surface area contributed by atoms with Crippen molar-refractivity contribution in [2.24, 2.45) is 0 Å². The van der Waals surface area contributed by atoms with E-state index in [1.807, 2.05) is 0 Å². The fraction of sp³-hybridized carbons (Fsp3) is 0.250. The predicted octanol–water partition coefficient (Wildman–Crippen LogP) is 1.14. The molecule has 0 fully saturated rings. The molecule has 0 aliphatic carbocycles. The number of hydrogen-bond donors (Lipinski definition) is 1. The van der Waals surface area contributed by atoms with Crippen molar-refractivity contribution in [3.8, 4) is 0 Å². The zero-order valence-electron chi connectivity index (χ0n) is 6.68. The van der Waals surface area contributed by atoms with Gasteiger partial charge < -0.3 is 5.11 Å². The number of aliphatic hydroxyl groups is 1. The Morgan fingerprint density at radius 2 is 2.31 bits per heavy atom. The van der Waals surface area contributed by atoms with Gasteiger partial charge in [0.2, 0.25) is 6.54 Å². The van der Waals surface area contributed by atoms with Crippen molar-refractivity contribution in [3.63, 3.8) is 0 Å². The Labute approximate surface area is 73.8 Å². The summed E-state index contributed by atoms with van der Waals surface area (Å²) in [6.45, 7) is -0.608. The number of nitro groups is 1. The molecule has 0 aromatic heterocycles. The number of hydrogen-bond acceptors (Lipinski definition) is 3. The highest BCUT2D eigenvalue weighted by Crippen LogP contribution is 2.13. The SMILES string of the molecule is O=[N+]([O-])C[C@H](O)c1cccc(F)c1. The molecule has 13 heavy (non-hydrogen) atoms. The van der Waals surface area contributed by atoms with Crippen LogP contribution in [0.15, 0.2) is 24.3 Å². The van der Waals surface area contributed by atoms with Crippen LogP contribution < -0.4 is 0 Å². The summed E-state index contributed by atoms with van der Waals surface area (Å²) in [5, 5.41) is 19.2. The Morgan fingerprint density at radius 3 is 2.85 bits per heavy atom. The zero-order chi connectivity index (χ0) is 9.84. The van der Waals surface area contributed by atoms with Crippen molar-refractivity contribution in [1.29, 1.82) is 0 Å². The lowest BCUT2D eigenvalue weighted by Crippen LogP contribution is -2.11. The molecule has 0 spiro atoms. The van der Waals surface area contributed by atoms with E-state index in [1.165, 1.54) is 18.2 Å². The third-order valence-electron chi connectivity index (χ3n) is 1.56. The van der Waals surface area contributed by atoms with E-state index >= 15 is 0 Å². The van der Waals surface area contributed by atoms with Gasteiger partial charge in [0.25, 0.3) is 0 Å². The van der Waals surface area contributed by atoms with Crippen LogP contribution >= 0.6 is 0 Å². The Kier molecular flexibility index (Phi) is 2.92. The maximum absolute atomic E-state index is 12.6. The molecular weight excluding hydrogens is 177 g/mol. The fourth-order valence-corrected chi connectivity index (χ4v) is 0.960. The van der Waals surface area contributed by atoms with E-state index in [2.05, 4.69) is 0 Å². The van der Waals surface area contributed by atoms with Gasteiger partial charge >= 0.3 is 0 Å². The summed E-state index contributed by atoms with van der Waals surface area (Å²) < 4.78 is 12.6. The van der Waals surface area contributed by atoms with Crippen LogP contribution in [0.4, 0.5) is 4.39 Å². The molecule has 1 N–H and O–H groups in total. The lowest BCUT2D eigenvalue weighted by Gasteiger charge is -2.05. The molecule has 1 atom stereocenters. The molecule has 0 unspecified atom stereocenters. The lowest BCUT2D eigenvalue weighted by molar-refractivity contribution is -0.491. The van der Waals surface area contributed by atoms with Crippen LogP contribution in [0.1, 0.15) is 11.7 Å². The Bertz CT molecular complexity index is 316. The van der Waals surface area contributed by atoms with E-state index in [0.717, 1.165) is 6.07 Å². The summed E-state index contributed by atoms with van der Waals surface area (Å²) >= 11 is 0. The van der Waals surface area contributed by atoms with Gasteiger partial charge in [0.1, 0.15) is 11.9 Å². The van der Waals surface area contributed by atoms with Crippen LogP contribution in [-0.2, 0) is 0 Å². The van der Waals surface area contributed by atoms with Gasteiger partial charge in [0.15, 0.2) is 0 Å². The van der Waals surface area contributed by atoms with Crippen LogP contribution in [0.3, 0.4) is 0 Å². The third kappa shape index (κ3) is 2.79. The summed E-state index contributed by atoms with van der Waals surface area (Å²) in [6, 6.07) is 5.13. The van der Waals surface area contributed by atoms with E-state index in [-0.39, 0.29) is 5.56 Å². The van der Waals surface area contributed by atoms with E-state index in [0.29, 0.717) is 0 Å². The number of halogens is 1. The van der Waals surface area contributed by atoms with Gasteiger partial charge in [0.05, 0.1) is 0 Å². The standard InChI is InChI=1S/C8H8FNO3/c9-7-3-1-2-6(4-7)8(11)5-10(12)13/h1-4,8,11H,5H2/t8-/m0/s1. The van der Waals surface area contributed by atoms with Crippen molar-refractivity contribution >= 4 is 0 Å². The van der Waals surface area contributed by atoms with Crippen LogP contribution in [-0.4, -0.2) is 16.6 Å². The molecule has 0 heterocycles. The van der Waals surface area contributed by atoms with Gasteiger partial charge in [-0.1, -0.05) is 12.1 Å². The highest BCUT2D eigenvalue weighted by molar-refractivity contribution is 5.18. The maximum atomic E-state index is 12.6. The van der Waals surface area contributed by atoms with Crippen LogP contribution in [0, 0.1) is 15.9 Å². The molecule has 70 valence electrons. The van der Waals surface area contributed by atoms with Crippen molar-refractivity contribution in [3.05, 3.63) is 45.8 Å². The van der Waals surface area contributed by atoms with Gasteiger partial charge in [-0.15, -0.1) is 0 Å². The third-order valence-corrected chi connectivity index (χ3v) is 1.56. The maximum Gasteiger partial charge on any atom is 0.233 e. The van der Waals surface area contributed by atoms with E-state index < -0.39 is 23.4 Å². The second-order valence-corrected chi connectivity index (χ2v) is 2.59. The Balaban J connectivity index is 2.76. The van der Waals surface area contributed by atoms with Gasteiger partial charge in [-0.05, 0) is 17.7 Å². The molecule has 0 saturated carbocycles. The first-order valence-electron chi connectivity index (χ1n) is 3.65. The average Bonchev–Trinajstić information content (AvgIpc) is 2.03. The van der Waals surface area contributed by atoms with Crippen LogP contribution in [0.25, 0.3) is 0 Å². The number of benzene rings is 1. The largest absolute Gasteiger partial charge is 0.382 e. The van der Waals surface area contributed by atoms with Crippen molar-refractivity contribution in [1.82, 2.24) is 0 Å². The molecular formula is C8H8FNO3. The summed E-state index contributed by atoms with van der Waals surface area (Å²) in [7, 11) is 0. The summed E-state index contributed by atoms with van der Waals surface area (Å²) in [4.78, 5) is 9.38. The Hall–Kier alpha value is -1.49. The van der Waals surface area contributed by atoms with Crippen LogP contribution in [0.5, 0.6) is 0 Å². The van der Waals surface area contributed by atoms with E-state index in [9.17, 15) is 19.6 Å². The second kappa shape index (κ2) is 3.95. The Morgan fingerprint density at radius 1 is 1.62 bits per heavy atom. The van der Waals surface area contributed by atoms with Gasteiger partial charge in [-0.3, -0.25) is 10.1 Å². The summed E-state index contributed by atoms with van der Waals surface area (Å²) in [6.07, 6.45) is -1.24.